The van der Waals surface area contributed by atoms with Crippen molar-refractivity contribution in [2.45, 2.75) is 47.3 Å². The van der Waals surface area contributed by atoms with Crippen LogP contribution < -0.4 is 5.32 Å². The molecule has 5 nitrogen and oxygen atoms in total. The summed E-state index contributed by atoms with van der Waals surface area (Å²) in [6.07, 6.45) is 2.70. The van der Waals surface area contributed by atoms with Crippen LogP contribution in [0.2, 0.25) is 0 Å². The predicted molar refractivity (Wildman–Crippen MR) is 80.6 cm³/mol. The summed E-state index contributed by atoms with van der Waals surface area (Å²) < 4.78 is 5.13. The smallest absolute Gasteiger partial charge is 0.408 e. The first-order valence-corrected chi connectivity index (χ1v) is 7.08. The van der Waals surface area contributed by atoms with Gasteiger partial charge in [-0.05, 0) is 12.0 Å². The number of carbonyl (C=O) groups is 2. The van der Waals surface area contributed by atoms with Crippen molar-refractivity contribution in [1.29, 1.82) is 0 Å². The number of ether oxygens (including phenoxy) is 1. The van der Waals surface area contributed by atoms with Gasteiger partial charge < -0.3 is 10.1 Å². The zero-order valence-electron chi connectivity index (χ0n) is 13.3. The summed E-state index contributed by atoms with van der Waals surface area (Å²) in [6, 6.07) is 3.04. The van der Waals surface area contributed by atoms with Crippen molar-refractivity contribution in [3.8, 4) is 0 Å². The number of ketones is 1. The average Bonchev–Trinajstić information content (AvgIpc) is 2.41. The van der Waals surface area contributed by atoms with Crippen molar-refractivity contribution in [3.05, 3.63) is 30.1 Å². The third kappa shape index (κ3) is 5.53. The number of nitrogens with one attached hydrogen (secondary N) is 1. The zero-order valence-corrected chi connectivity index (χ0v) is 13.3. The molecule has 1 aromatic heterocycles. The quantitative estimate of drug-likeness (QED) is 0.906. The van der Waals surface area contributed by atoms with Crippen LogP contribution in [0.3, 0.4) is 0 Å². The molecule has 116 valence electrons. The molecule has 5 heteroatoms. The van der Waals surface area contributed by atoms with Gasteiger partial charge in [-0.1, -0.05) is 40.7 Å². The van der Waals surface area contributed by atoms with Crippen molar-refractivity contribution >= 4 is 11.9 Å². The lowest BCUT2D eigenvalue weighted by Crippen LogP contribution is -2.48. The number of Topliss-reactive ketones (excluding diaryl/α,β-unsaturated/α-hetero) is 1. The Morgan fingerprint density at radius 1 is 1.33 bits per heavy atom. The first kappa shape index (κ1) is 17.1. The fraction of sp³-hybridized carbons (Fsp3) is 0.562. The van der Waals surface area contributed by atoms with Crippen LogP contribution in [0.25, 0.3) is 0 Å². The summed E-state index contributed by atoms with van der Waals surface area (Å²) in [6.45, 7) is 9.45. The lowest BCUT2D eigenvalue weighted by Gasteiger charge is -2.27. The average molecular weight is 292 g/mol. The molecule has 1 rings (SSSR count). The number of hydrogen-bond donors (Lipinski definition) is 1. The minimum atomic E-state index is -0.588. The maximum Gasteiger partial charge on any atom is 0.408 e. The molecular weight excluding hydrogens is 268 g/mol. The highest BCUT2D eigenvalue weighted by Crippen LogP contribution is 2.20. The van der Waals surface area contributed by atoms with Gasteiger partial charge in [0.25, 0.3) is 0 Å². The number of pyridine rings is 1. The summed E-state index contributed by atoms with van der Waals surface area (Å²) in [5.41, 5.74) is 0.293. The number of rotatable bonds is 5. The van der Waals surface area contributed by atoms with Gasteiger partial charge in [-0.3, -0.25) is 9.78 Å². The molecule has 21 heavy (non-hydrogen) atoms. The van der Waals surface area contributed by atoms with Crippen LogP contribution in [0.15, 0.2) is 24.5 Å². The summed E-state index contributed by atoms with van der Waals surface area (Å²) in [7, 11) is 0. The second-order valence-corrected chi connectivity index (χ2v) is 6.42. The second kappa shape index (κ2) is 7.20. The van der Waals surface area contributed by atoms with E-state index in [2.05, 4.69) is 10.3 Å². The van der Waals surface area contributed by atoms with Crippen molar-refractivity contribution in [3.63, 3.8) is 0 Å². The van der Waals surface area contributed by atoms with E-state index in [1.807, 2.05) is 40.7 Å². The summed E-state index contributed by atoms with van der Waals surface area (Å²) in [4.78, 5) is 28.1. The minimum absolute atomic E-state index is 0.00247. The van der Waals surface area contributed by atoms with Crippen molar-refractivity contribution in [2.24, 2.45) is 11.3 Å². The molecule has 0 aliphatic carbocycles. The fourth-order valence-electron chi connectivity index (χ4n) is 1.80. The van der Waals surface area contributed by atoms with Crippen LogP contribution in [0.1, 0.15) is 40.2 Å². The Kier molecular flexibility index (Phi) is 5.88. The van der Waals surface area contributed by atoms with Gasteiger partial charge in [0.1, 0.15) is 6.61 Å². The third-order valence-electron chi connectivity index (χ3n) is 3.05. The van der Waals surface area contributed by atoms with E-state index in [9.17, 15) is 9.59 Å². The Balaban J connectivity index is 2.59. The van der Waals surface area contributed by atoms with E-state index in [1.54, 1.807) is 18.5 Å². The van der Waals surface area contributed by atoms with E-state index in [-0.39, 0.29) is 18.3 Å². The molecule has 0 radical (unpaired) electrons. The van der Waals surface area contributed by atoms with Crippen LogP contribution in [0, 0.1) is 11.3 Å². The van der Waals surface area contributed by atoms with Crippen LogP contribution in [0.5, 0.6) is 0 Å². The summed E-state index contributed by atoms with van der Waals surface area (Å²) in [5, 5.41) is 2.66. The topological polar surface area (TPSA) is 68.3 Å². The highest BCUT2D eigenvalue weighted by molar-refractivity contribution is 5.91. The number of amides is 1. The molecular formula is C16H24N2O3. The van der Waals surface area contributed by atoms with Crippen molar-refractivity contribution in [1.82, 2.24) is 10.3 Å². The van der Waals surface area contributed by atoms with Crippen LogP contribution in [0.4, 0.5) is 4.79 Å². The normalized spacial score (nSPS) is 12.9. The highest BCUT2D eigenvalue weighted by Gasteiger charge is 2.33. The molecule has 1 unspecified atom stereocenters. The van der Waals surface area contributed by atoms with Crippen molar-refractivity contribution < 1.29 is 14.3 Å². The monoisotopic (exact) mass is 292 g/mol. The van der Waals surface area contributed by atoms with Gasteiger partial charge in [-0.25, -0.2) is 4.79 Å². The molecule has 1 amide bonds. The predicted octanol–water partition coefficient (Wildman–Crippen LogP) is 2.95. The van der Waals surface area contributed by atoms with Crippen LogP contribution in [-0.2, 0) is 16.1 Å². The molecule has 0 saturated heterocycles. The maximum atomic E-state index is 12.3. The molecule has 0 bridgehead atoms. The first-order chi connectivity index (χ1) is 9.71. The highest BCUT2D eigenvalue weighted by atomic mass is 16.5. The SMILES string of the molecule is CC(C)C(NC(=O)OCc1cccnc1)C(=O)C(C)(C)C. The van der Waals surface area contributed by atoms with E-state index in [4.69, 9.17) is 4.74 Å². The lowest BCUT2D eigenvalue weighted by atomic mass is 9.82. The number of aromatic nitrogens is 1. The van der Waals surface area contributed by atoms with E-state index in [0.717, 1.165) is 5.56 Å². The molecule has 0 saturated carbocycles. The number of hydrogen-bond acceptors (Lipinski definition) is 4. The van der Waals surface area contributed by atoms with Gasteiger partial charge in [-0.15, -0.1) is 0 Å². The Morgan fingerprint density at radius 2 is 2.00 bits per heavy atom. The minimum Gasteiger partial charge on any atom is -0.445 e. The molecule has 0 aliphatic heterocycles. The van der Waals surface area contributed by atoms with Gasteiger partial charge in [0.05, 0.1) is 6.04 Å². The van der Waals surface area contributed by atoms with E-state index in [0.29, 0.717) is 0 Å². The van der Waals surface area contributed by atoms with E-state index < -0.39 is 17.6 Å². The second-order valence-electron chi connectivity index (χ2n) is 6.42. The largest absolute Gasteiger partial charge is 0.445 e. The Bertz CT molecular complexity index is 478. The van der Waals surface area contributed by atoms with E-state index >= 15 is 0 Å². The third-order valence-corrected chi connectivity index (χ3v) is 3.05. The fourth-order valence-corrected chi connectivity index (χ4v) is 1.80. The van der Waals surface area contributed by atoms with Crippen molar-refractivity contribution in [2.75, 3.05) is 0 Å². The Morgan fingerprint density at radius 3 is 2.48 bits per heavy atom. The molecule has 1 heterocycles. The summed E-state index contributed by atoms with van der Waals surface area (Å²) >= 11 is 0. The van der Waals surface area contributed by atoms with Gasteiger partial charge in [0.2, 0.25) is 0 Å². The van der Waals surface area contributed by atoms with E-state index in [1.165, 1.54) is 0 Å². The van der Waals surface area contributed by atoms with Crippen LogP contribution >= 0.6 is 0 Å². The Hall–Kier alpha value is -1.91. The number of alkyl carbamates (subject to hydrolysis) is 1. The lowest BCUT2D eigenvalue weighted by molar-refractivity contribution is -0.129. The maximum absolute atomic E-state index is 12.3. The van der Waals surface area contributed by atoms with Gasteiger partial charge >= 0.3 is 6.09 Å². The molecule has 1 aromatic rings. The first-order valence-electron chi connectivity index (χ1n) is 7.08. The van der Waals surface area contributed by atoms with Gasteiger partial charge in [0, 0.05) is 23.4 Å². The summed E-state index contributed by atoms with van der Waals surface area (Å²) in [5.74, 6) is -0.00139. The van der Waals surface area contributed by atoms with Gasteiger partial charge in [-0.2, -0.15) is 0 Å². The molecule has 0 fully saturated rings. The number of nitrogens with zero attached hydrogens (tertiary/aromatic N) is 1. The standard InChI is InChI=1S/C16H24N2O3/c1-11(2)13(14(19)16(3,4)5)18-15(20)21-10-12-7-6-8-17-9-12/h6-9,11,13H,10H2,1-5H3,(H,18,20). The molecule has 0 aliphatic rings. The van der Waals surface area contributed by atoms with Gasteiger partial charge in [0.15, 0.2) is 5.78 Å². The molecule has 0 aromatic carbocycles. The van der Waals surface area contributed by atoms with Crippen LogP contribution in [-0.4, -0.2) is 22.9 Å². The number of carbonyl (C=O) groups excluding carboxylic acids is 2. The zero-order chi connectivity index (χ0) is 16.0. The molecule has 1 atom stereocenters. The molecule has 1 N–H and O–H groups in total. The molecule has 0 spiro atoms. The Labute approximate surface area is 126 Å².